The standard InChI is InChI=1S/C18H24N4O2S.ClH/c1-18(19)9-4-3-8-14(18)16(23)20-17-22-21-15(25-17)11-12-6-5-7-13(10-12)24-2;/h5-7,10,14H,3-4,8-9,11,19H2,1-2H3,(H,20,22,23);1H. The summed E-state index contributed by atoms with van der Waals surface area (Å²) in [5, 5.41) is 12.6. The second-order valence-corrected chi connectivity index (χ2v) is 7.88. The predicted molar refractivity (Wildman–Crippen MR) is 106 cm³/mol. The van der Waals surface area contributed by atoms with E-state index in [0.29, 0.717) is 11.6 Å². The van der Waals surface area contributed by atoms with Crippen molar-refractivity contribution in [2.45, 2.75) is 44.6 Å². The van der Waals surface area contributed by atoms with Gasteiger partial charge in [-0.15, -0.1) is 22.6 Å². The number of hydrogen-bond acceptors (Lipinski definition) is 6. The van der Waals surface area contributed by atoms with Gasteiger partial charge in [0.2, 0.25) is 11.0 Å². The molecule has 142 valence electrons. The van der Waals surface area contributed by atoms with Crippen LogP contribution in [0.15, 0.2) is 24.3 Å². The van der Waals surface area contributed by atoms with Gasteiger partial charge in [-0.1, -0.05) is 36.3 Å². The van der Waals surface area contributed by atoms with E-state index in [-0.39, 0.29) is 24.2 Å². The molecule has 1 heterocycles. The monoisotopic (exact) mass is 396 g/mol. The lowest BCUT2D eigenvalue weighted by molar-refractivity contribution is -0.122. The quantitative estimate of drug-likeness (QED) is 0.808. The van der Waals surface area contributed by atoms with Crippen molar-refractivity contribution in [3.05, 3.63) is 34.8 Å². The fourth-order valence-electron chi connectivity index (χ4n) is 3.31. The molecule has 0 spiro atoms. The summed E-state index contributed by atoms with van der Waals surface area (Å²) in [7, 11) is 1.65. The maximum Gasteiger partial charge on any atom is 0.231 e. The first-order valence-corrected chi connectivity index (χ1v) is 9.34. The van der Waals surface area contributed by atoms with Crippen LogP contribution >= 0.6 is 23.7 Å². The minimum atomic E-state index is -0.448. The van der Waals surface area contributed by atoms with Gasteiger partial charge in [0.15, 0.2) is 0 Å². The van der Waals surface area contributed by atoms with Gasteiger partial charge in [0.1, 0.15) is 10.8 Å². The molecule has 0 aliphatic heterocycles. The van der Waals surface area contributed by atoms with E-state index in [1.807, 2.05) is 31.2 Å². The number of nitrogens with zero attached hydrogens (tertiary/aromatic N) is 2. The minimum absolute atomic E-state index is 0. The van der Waals surface area contributed by atoms with E-state index in [9.17, 15) is 4.79 Å². The fraction of sp³-hybridized carbons (Fsp3) is 0.500. The Balaban J connectivity index is 0.00000243. The van der Waals surface area contributed by atoms with E-state index in [0.717, 1.165) is 42.0 Å². The molecule has 2 aromatic rings. The van der Waals surface area contributed by atoms with Gasteiger partial charge in [-0.05, 0) is 37.5 Å². The van der Waals surface area contributed by atoms with Gasteiger partial charge in [-0.25, -0.2) is 0 Å². The van der Waals surface area contributed by atoms with Gasteiger partial charge in [-0.2, -0.15) is 0 Å². The molecule has 1 aromatic heterocycles. The first-order chi connectivity index (χ1) is 12.0. The SMILES string of the molecule is COc1cccc(Cc2nnc(NC(=O)C3CCCCC3(C)N)s2)c1.Cl. The van der Waals surface area contributed by atoms with Crippen LogP contribution in [0, 0.1) is 5.92 Å². The maximum absolute atomic E-state index is 12.6. The Morgan fingerprint density at radius 1 is 1.42 bits per heavy atom. The summed E-state index contributed by atoms with van der Waals surface area (Å²) >= 11 is 1.40. The van der Waals surface area contributed by atoms with Crippen LogP contribution in [-0.2, 0) is 11.2 Å². The van der Waals surface area contributed by atoms with Crippen LogP contribution in [-0.4, -0.2) is 28.8 Å². The summed E-state index contributed by atoms with van der Waals surface area (Å²) in [5.74, 6) is 0.593. The lowest BCUT2D eigenvalue weighted by atomic mass is 9.74. The summed E-state index contributed by atoms with van der Waals surface area (Å²) in [4.78, 5) is 12.6. The largest absolute Gasteiger partial charge is 0.497 e. The molecule has 1 fully saturated rings. The van der Waals surface area contributed by atoms with E-state index < -0.39 is 5.54 Å². The first kappa shape index (κ1) is 20.6. The Bertz CT molecular complexity index is 750. The number of amides is 1. The average molecular weight is 397 g/mol. The number of hydrogen-bond donors (Lipinski definition) is 2. The summed E-state index contributed by atoms with van der Waals surface area (Å²) in [6.07, 6.45) is 4.49. The fourth-order valence-corrected chi connectivity index (χ4v) is 4.09. The minimum Gasteiger partial charge on any atom is -0.497 e. The van der Waals surface area contributed by atoms with E-state index in [4.69, 9.17) is 10.5 Å². The van der Waals surface area contributed by atoms with Crippen molar-refractivity contribution in [2.75, 3.05) is 12.4 Å². The Kier molecular flexibility index (Phi) is 6.97. The van der Waals surface area contributed by atoms with Gasteiger partial charge in [0.25, 0.3) is 0 Å². The molecule has 1 amide bonds. The third-order valence-electron chi connectivity index (χ3n) is 4.76. The number of carbonyl (C=O) groups is 1. The zero-order valence-corrected chi connectivity index (χ0v) is 16.7. The summed E-state index contributed by atoms with van der Waals surface area (Å²) in [6.45, 7) is 1.96. The number of nitrogens with one attached hydrogen (secondary N) is 1. The van der Waals surface area contributed by atoms with Gasteiger partial charge in [0, 0.05) is 12.0 Å². The third kappa shape index (κ3) is 4.93. The number of anilines is 1. The molecule has 1 aromatic carbocycles. The summed E-state index contributed by atoms with van der Waals surface area (Å²) < 4.78 is 5.24. The Labute approximate surface area is 163 Å². The topological polar surface area (TPSA) is 90.1 Å². The molecule has 1 aliphatic carbocycles. The van der Waals surface area contributed by atoms with Crippen molar-refractivity contribution in [2.24, 2.45) is 11.7 Å². The van der Waals surface area contributed by atoms with Gasteiger partial charge >= 0.3 is 0 Å². The highest BCUT2D eigenvalue weighted by Crippen LogP contribution is 2.32. The molecule has 1 aliphatic rings. The zero-order chi connectivity index (χ0) is 17.9. The molecule has 3 rings (SSSR count). The normalized spacial score (nSPS) is 22.3. The second kappa shape index (κ2) is 8.79. The number of rotatable bonds is 5. The van der Waals surface area contributed by atoms with E-state index in [1.54, 1.807) is 7.11 Å². The highest BCUT2D eigenvalue weighted by molar-refractivity contribution is 7.15. The Hall–Kier alpha value is -1.70. The number of aromatic nitrogens is 2. The molecule has 2 atom stereocenters. The third-order valence-corrected chi connectivity index (χ3v) is 5.60. The molecule has 0 saturated heterocycles. The van der Waals surface area contributed by atoms with Crippen molar-refractivity contribution in [3.8, 4) is 5.75 Å². The van der Waals surface area contributed by atoms with Gasteiger partial charge < -0.3 is 15.8 Å². The molecule has 2 unspecified atom stereocenters. The number of nitrogens with two attached hydrogens (primary N) is 1. The number of benzene rings is 1. The average Bonchev–Trinajstić information content (AvgIpc) is 3.01. The van der Waals surface area contributed by atoms with E-state index >= 15 is 0 Å². The van der Waals surface area contributed by atoms with Crippen LogP contribution in [0.4, 0.5) is 5.13 Å². The lowest BCUT2D eigenvalue weighted by Crippen LogP contribution is -2.51. The Morgan fingerprint density at radius 2 is 2.23 bits per heavy atom. The highest BCUT2D eigenvalue weighted by atomic mass is 35.5. The molecular weight excluding hydrogens is 372 g/mol. The molecule has 6 nitrogen and oxygen atoms in total. The Morgan fingerprint density at radius 3 is 2.96 bits per heavy atom. The van der Waals surface area contributed by atoms with Gasteiger partial charge in [-0.3, -0.25) is 4.79 Å². The molecule has 3 N–H and O–H groups in total. The predicted octanol–water partition coefficient (Wildman–Crippen LogP) is 3.41. The molecule has 0 bridgehead atoms. The first-order valence-electron chi connectivity index (χ1n) is 8.53. The van der Waals surface area contributed by atoms with Crippen LogP contribution in [0.3, 0.4) is 0 Å². The smallest absolute Gasteiger partial charge is 0.231 e. The van der Waals surface area contributed by atoms with Crippen LogP contribution < -0.4 is 15.8 Å². The molecule has 1 saturated carbocycles. The van der Waals surface area contributed by atoms with Crippen LogP contribution in [0.2, 0.25) is 0 Å². The van der Waals surface area contributed by atoms with Crippen molar-refractivity contribution >= 4 is 34.8 Å². The van der Waals surface area contributed by atoms with Crippen molar-refractivity contribution < 1.29 is 9.53 Å². The van der Waals surface area contributed by atoms with E-state index in [1.165, 1.54) is 11.3 Å². The van der Waals surface area contributed by atoms with E-state index in [2.05, 4.69) is 15.5 Å². The second-order valence-electron chi connectivity index (χ2n) is 6.82. The number of carbonyl (C=O) groups excluding carboxylic acids is 1. The molecule has 0 radical (unpaired) electrons. The maximum atomic E-state index is 12.6. The number of halogens is 1. The molecule has 8 heteroatoms. The van der Waals surface area contributed by atoms with Crippen LogP contribution in [0.5, 0.6) is 5.75 Å². The number of ether oxygens (including phenoxy) is 1. The van der Waals surface area contributed by atoms with Crippen molar-refractivity contribution in [1.82, 2.24) is 10.2 Å². The zero-order valence-electron chi connectivity index (χ0n) is 15.0. The van der Waals surface area contributed by atoms with Gasteiger partial charge in [0.05, 0.1) is 13.0 Å². The van der Waals surface area contributed by atoms with Crippen molar-refractivity contribution in [1.29, 1.82) is 0 Å². The van der Waals surface area contributed by atoms with Crippen LogP contribution in [0.1, 0.15) is 43.2 Å². The van der Waals surface area contributed by atoms with Crippen molar-refractivity contribution in [3.63, 3.8) is 0 Å². The summed E-state index contributed by atoms with van der Waals surface area (Å²) in [5.41, 5.74) is 6.95. The molecular formula is C18H25ClN4O2S. The lowest BCUT2D eigenvalue weighted by Gasteiger charge is -2.36. The number of methoxy groups -OCH3 is 1. The molecule has 26 heavy (non-hydrogen) atoms. The van der Waals surface area contributed by atoms with Crippen LogP contribution in [0.25, 0.3) is 0 Å². The highest BCUT2D eigenvalue weighted by Gasteiger charge is 2.38. The summed E-state index contributed by atoms with van der Waals surface area (Å²) in [6, 6.07) is 7.85.